The van der Waals surface area contributed by atoms with Crippen LogP contribution in [0.1, 0.15) is 76.1 Å². The van der Waals surface area contributed by atoms with Gasteiger partial charge in [-0.3, -0.25) is 9.59 Å². The highest BCUT2D eigenvalue weighted by Crippen LogP contribution is 2.37. The average molecular weight is 849 g/mol. The Morgan fingerprint density at radius 2 is 1.26 bits per heavy atom. The zero-order chi connectivity index (χ0) is 43.5. The van der Waals surface area contributed by atoms with Gasteiger partial charge in [0.25, 0.3) is 0 Å². The molecule has 2 aromatic heterocycles. The molecule has 4 N–H and O–H groups in total. The number of amides is 4. The molecular formula is C46H53FN8O7. The Hall–Kier alpha value is -6.29. The van der Waals surface area contributed by atoms with E-state index in [1.807, 2.05) is 50.2 Å². The number of ether oxygens (including phenoxy) is 3. The quantitative estimate of drug-likeness (QED) is 0.106. The third-order valence-electron chi connectivity index (χ3n) is 12.5. The second-order valence-corrected chi connectivity index (χ2v) is 16.6. The maximum atomic E-state index is 15.9. The number of likely N-dealkylation sites (tertiary alicyclic amines) is 2. The Morgan fingerprint density at radius 3 is 1.84 bits per heavy atom. The van der Waals surface area contributed by atoms with Crippen LogP contribution in [0.4, 0.5) is 14.0 Å². The molecule has 3 aliphatic heterocycles. The largest absolute Gasteiger partial charge is 0.453 e. The second-order valence-electron chi connectivity index (χ2n) is 16.6. The summed E-state index contributed by atoms with van der Waals surface area (Å²) in [5, 5.41) is 7.37. The molecule has 0 saturated carbocycles. The van der Waals surface area contributed by atoms with Gasteiger partial charge in [0, 0.05) is 43.0 Å². The summed E-state index contributed by atoms with van der Waals surface area (Å²) < 4.78 is 31.1. The van der Waals surface area contributed by atoms with E-state index >= 15 is 4.39 Å². The molecule has 16 heteroatoms. The fourth-order valence-corrected chi connectivity index (χ4v) is 9.11. The summed E-state index contributed by atoms with van der Waals surface area (Å²) in [5.41, 5.74) is 4.18. The van der Waals surface area contributed by atoms with Crippen LogP contribution in [0.2, 0.25) is 0 Å². The maximum absolute atomic E-state index is 15.9. The molecule has 8 rings (SSSR count). The number of aromatic amines is 2. The average Bonchev–Trinajstić information content (AvgIpc) is 4.14. The van der Waals surface area contributed by atoms with E-state index in [1.165, 1.54) is 20.3 Å². The molecule has 0 spiro atoms. The van der Waals surface area contributed by atoms with Gasteiger partial charge >= 0.3 is 12.2 Å². The van der Waals surface area contributed by atoms with Crippen molar-refractivity contribution in [3.05, 3.63) is 84.5 Å². The summed E-state index contributed by atoms with van der Waals surface area (Å²) in [6, 6.07) is 15.0. The number of fused-ring (bicyclic) bond motifs is 1. The van der Waals surface area contributed by atoms with Crippen molar-refractivity contribution in [2.24, 2.45) is 11.8 Å². The Morgan fingerprint density at radius 1 is 0.726 bits per heavy atom. The standard InChI is InChI=1S/C46H53FN8O7/c1-26(2)39(52-45(58)60-3)43(56)54-17-5-7-37(54)41-48-24-35(50-41)31-12-10-28-21-30(11-9-29(28)22-31)33-14-13-32(23-34(33)47)36-25-49-42(51-36)38-8-6-18-55(38)44(57)40(53-46(59)61-4)27-15-19-62-20-16-27/h9-14,21-27,37-40H,5-8,15-20H2,1-4H3,(H,48,50)(H,49,51)(H,52,58)(H,53,59). The van der Waals surface area contributed by atoms with E-state index in [9.17, 15) is 19.2 Å². The summed E-state index contributed by atoms with van der Waals surface area (Å²) in [5.74, 6) is 0.379. The fourth-order valence-electron chi connectivity index (χ4n) is 9.11. The number of nitrogens with one attached hydrogen (secondary N) is 4. The predicted octanol–water partition coefficient (Wildman–Crippen LogP) is 7.28. The summed E-state index contributed by atoms with van der Waals surface area (Å²) in [4.78, 5) is 71.5. The van der Waals surface area contributed by atoms with Crippen LogP contribution in [-0.2, 0) is 23.8 Å². The Kier molecular flexibility index (Phi) is 12.6. The lowest BCUT2D eigenvalue weighted by Gasteiger charge is -2.34. The number of hydrogen-bond acceptors (Lipinski definition) is 9. The second kappa shape index (κ2) is 18.4. The van der Waals surface area contributed by atoms with Crippen LogP contribution in [0.25, 0.3) is 44.4 Å². The van der Waals surface area contributed by atoms with Gasteiger partial charge < -0.3 is 44.6 Å². The van der Waals surface area contributed by atoms with Crippen LogP contribution in [0.3, 0.4) is 0 Å². The monoisotopic (exact) mass is 848 g/mol. The number of methoxy groups -OCH3 is 2. The Balaban J connectivity index is 0.953. The molecule has 5 heterocycles. The van der Waals surface area contributed by atoms with Crippen LogP contribution >= 0.6 is 0 Å². The molecule has 0 bridgehead atoms. The van der Waals surface area contributed by atoms with Crippen molar-refractivity contribution >= 4 is 34.8 Å². The molecule has 15 nitrogen and oxygen atoms in total. The van der Waals surface area contributed by atoms with Gasteiger partial charge in [-0.1, -0.05) is 50.2 Å². The van der Waals surface area contributed by atoms with Crippen LogP contribution in [-0.4, -0.2) is 106 Å². The van der Waals surface area contributed by atoms with Crippen molar-refractivity contribution in [1.29, 1.82) is 0 Å². The van der Waals surface area contributed by atoms with E-state index in [4.69, 9.17) is 14.2 Å². The number of alkyl carbamates (subject to hydrolysis) is 2. The van der Waals surface area contributed by atoms with Crippen molar-refractivity contribution in [3.8, 4) is 33.6 Å². The molecule has 0 aliphatic carbocycles. The van der Waals surface area contributed by atoms with Crippen molar-refractivity contribution in [2.75, 3.05) is 40.5 Å². The van der Waals surface area contributed by atoms with Gasteiger partial charge in [-0.05, 0) is 84.9 Å². The van der Waals surface area contributed by atoms with Crippen molar-refractivity contribution in [1.82, 2.24) is 40.4 Å². The number of imidazole rings is 2. The number of carbonyl (C=O) groups is 4. The molecule has 0 radical (unpaired) electrons. The molecule has 5 aromatic rings. The first-order chi connectivity index (χ1) is 30.0. The molecule has 4 unspecified atom stereocenters. The Bertz CT molecular complexity index is 2440. The lowest BCUT2D eigenvalue weighted by atomic mass is 9.90. The minimum Gasteiger partial charge on any atom is -0.453 e. The van der Waals surface area contributed by atoms with E-state index in [0.29, 0.717) is 74.0 Å². The first-order valence-electron chi connectivity index (χ1n) is 21.3. The zero-order valence-corrected chi connectivity index (χ0v) is 35.4. The number of rotatable bonds is 11. The van der Waals surface area contributed by atoms with Gasteiger partial charge in [0.05, 0.1) is 50.1 Å². The highest BCUT2D eigenvalue weighted by atomic mass is 19.1. The van der Waals surface area contributed by atoms with Crippen LogP contribution in [0.5, 0.6) is 0 Å². The molecule has 4 amide bonds. The molecule has 326 valence electrons. The molecule has 62 heavy (non-hydrogen) atoms. The Labute approximate surface area is 359 Å². The first-order valence-corrected chi connectivity index (χ1v) is 21.3. The number of nitrogens with zero attached hydrogens (tertiary/aromatic N) is 4. The minimum absolute atomic E-state index is 0.0700. The number of halogens is 1. The van der Waals surface area contributed by atoms with Gasteiger partial charge in [-0.25, -0.2) is 23.9 Å². The number of hydrogen-bond donors (Lipinski definition) is 4. The third kappa shape index (κ3) is 8.73. The van der Waals surface area contributed by atoms with E-state index in [2.05, 4.69) is 36.6 Å². The number of carbonyl (C=O) groups excluding carboxylic acids is 4. The maximum Gasteiger partial charge on any atom is 0.407 e. The van der Waals surface area contributed by atoms with Gasteiger partial charge in [0.1, 0.15) is 29.5 Å². The van der Waals surface area contributed by atoms with Crippen LogP contribution in [0, 0.1) is 17.7 Å². The summed E-state index contributed by atoms with van der Waals surface area (Å²) in [6.45, 7) is 5.93. The first kappa shape index (κ1) is 42.4. The van der Waals surface area contributed by atoms with Crippen molar-refractivity contribution < 1.29 is 37.8 Å². The molecular weight excluding hydrogens is 796 g/mol. The van der Waals surface area contributed by atoms with Gasteiger partial charge in [0.15, 0.2) is 0 Å². The van der Waals surface area contributed by atoms with E-state index < -0.39 is 24.3 Å². The topological polar surface area (TPSA) is 184 Å². The highest BCUT2D eigenvalue weighted by molar-refractivity contribution is 5.91. The van der Waals surface area contributed by atoms with Gasteiger partial charge in [-0.2, -0.15) is 0 Å². The van der Waals surface area contributed by atoms with Crippen molar-refractivity contribution in [3.63, 3.8) is 0 Å². The normalized spacial score (nSPS) is 19.1. The number of H-pyrrole nitrogens is 2. The van der Waals surface area contributed by atoms with E-state index in [-0.39, 0.29) is 41.6 Å². The molecule has 3 fully saturated rings. The lowest BCUT2D eigenvalue weighted by Crippen LogP contribution is -2.53. The predicted molar refractivity (Wildman–Crippen MR) is 229 cm³/mol. The third-order valence-corrected chi connectivity index (χ3v) is 12.5. The summed E-state index contributed by atoms with van der Waals surface area (Å²) in [7, 11) is 2.56. The van der Waals surface area contributed by atoms with E-state index in [0.717, 1.165) is 46.9 Å². The molecule has 4 atom stereocenters. The summed E-state index contributed by atoms with van der Waals surface area (Å²) in [6.07, 6.45) is 6.53. The fraction of sp³-hybridized carbons (Fsp3) is 0.435. The molecule has 3 aromatic carbocycles. The van der Waals surface area contributed by atoms with E-state index in [1.54, 1.807) is 28.3 Å². The SMILES string of the molecule is COC(=O)NC(C(=O)N1CCCC1c1ncc(-c2ccc3cc(-c4ccc(-c5cnc(C6CCCN6C(=O)C(NC(=O)OC)C6CCOCC6)[nH]5)cc4F)ccc3c2)[nH]1)C(C)C. The zero-order valence-electron chi connectivity index (χ0n) is 35.4. The summed E-state index contributed by atoms with van der Waals surface area (Å²) >= 11 is 0. The number of aromatic nitrogens is 4. The lowest BCUT2D eigenvalue weighted by molar-refractivity contribution is -0.137. The highest BCUT2D eigenvalue weighted by Gasteiger charge is 2.41. The van der Waals surface area contributed by atoms with Gasteiger partial charge in [0.2, 0.25) is 11.8 Å². The smallest absolute Gasteiger partial charge is 0.407 e. The van der Waals surface area contributed by atoms with Crippen LogP contribution in [0.15, 0.2) is 67.0 Å². The number of benzene rings is 3. The van der Waals surface area contributed by atoms with Crippen molar-refractivity contribution in [2.45, 2.75) is 76.5 Å². The molecule has 3 aliphatic rings. The molecule has 3 saturated heterocycles. The van der Waals surface area contributed by atoms with Gasteiger partial charge in [-0.15, -0.1) is 0 Å². The minimum atomic E-state index is -0.735. The van der Waals surface area contributed by atoms with Crippen LogP contribution < -0.4 is 10.6 Å².